The Kier molecular flexibility index (Phi) is 6.85. The zero-order chi connectivity index (χ0) is 18.4. The first kappa shape index (κ1) is 19.1. The van der Waals surface area contributed by atoms with Crippen LogP contribution in [0.5, 0.6) is 0 Å². The molecule has 3 rings (SSSR count). The summed E-state index contributed by atoms with van der Waals surface area (Å²) in [7, 11) is 0. The zero-order valence-electron chi connectivity index (χ0n) is 15.5. The number of fused-ring (bicyclic) bond motifs is 1. The maximum Gasteiger partial charge on any atom is 0.233 e. The molecule has 0 saturated carbocycles. The van der Waals surface area contributed by atoms with E-state index < -0.39 is 0 Å². The van der Waals surface area contributed by atoms with Crippen LogP contribution < -0.4 is 10.6 Å². The fraction of sp³-hybridized carbons (Fsp3) is 0.632. The number of carbonyl (C=O) groups excluding carboxylic acids is 1. The second-order valence-electron chi connectivity index (χ2n) is 7.05. The van der Waals surface area contributed by atoms with Gasteiger partial charge in [0.05, 0.1) is 19.3 Å². The van der Waals surface area contributed by atoms with Crippen LogP contribution in [0.3, 0.4) is 0 Å². The SMILES string of the molecule is CCCCC[C@H](CN(O)C=O)N1CNC(c2cccc3c2NCCC3)O1. The van der Waals surface area contributed by atoms with E-state index in [0.29, 0.717) is 18.1 Å². The van der Waals surface area contributed by atoms with E-state index in [9.17, 15) is 10.0 Å². The van der Waals surface area contributed by atoms with Gasteiger partial charge >= 0.3 is 0 Å². The van der Waals surface area contributed by atoms with Crippen LogP contribution in [0.2, 0.25) is 0 Å². The standard InChI is InChI=1S/C19H30N4O3/c1-2-3-4-9-16(12-22(25)14-24)23-13-21-19(26-23)17-10-5-7-15-8-6-11-20-18(15)17/h5,7,10,14,16,19-21,25H,2-4,6,8-9,11-13H2,1H3/t16-,19?/m1/s1. The van der Waals surface area contributed by atoms with E-state index in [1.54, 1.807) is 0 Å². The Morgan fingerprint density at radius 2 is 2.35 bits per heavy atom. The van der Waals surface area contributed by atoms with E-state index in [4.69, 9.17) is 4.84 Å². The largest absolute Gasteiger partial charge is 0.384 e. The molecule has 0 aliphatic carbocycles. The van der Waals surface area contributed by atoms with Crippen LogP contribution in [0.15, 0.2) is 18.2 Å². The first-order chi connectivity index (χ1) is 12.7. The van der Waals surface area contributed by atoms with Crippen LogP contribution in [0.4, 0.5) is 5.69 Å². The molecule has 3 N–H and O–H groups in total. The lowest BCUT2D eigenvalue weighted by molar-refractivity contribution is -0.197. The molecule has 2 heterocycles. The van der Waals surface area contributed by atoms with Crippen LogP contribution in [-0.4, -0.2) is 47.5 Å². The van der Waals surface area contributed by atoms with Crippen LogP contribution in [0.1, 0.15) is 56.4 Å². The average Bonchev–Trinajstić information content (AvgIpc) is 3.16. The number of benzene rings is 1. The van der Waals surface area contributed by atoms with Crippen molar-refractivity contribution in [2.75, 3.05) is 25.1 Å². The highest BCUT2D eigenvalue weighted by atomic mass is 16.7. The van der Waals surface area contributed by atoms with Gasteiger partial charge in [0.2, 0.25) is 6.41 Å². The number of nitrogens with zero attached hydrogens (tertiary/aromatic N) is 2. The average molecular weight is 362 g/mol. The number of nitrogens with one attached hydrogen (secondary N) is 2. The van der Waals surface area contributed by atoms with Crippen LogP contribution >= 0.6 is 0 Å². The van der Waals surface area contributed by atoms with Gasteiger partial charge in [0.1, 0.15) is 0 Å². The number of hydrogen-bond donors (Lipinski definition) is 3. The molecule has 26 heavy (non-hydrogen) atoms. The zero-order valence-corrected chi connectivity index (χ0v) is 15.5. The number of hydroxylamine groups is 4. The topological polar surface area (TPSA) is 77.1 Å². The van der Waals surface area contributed by atoms with Crippen molar-refractivity contribution >= 4 is 12.1 Å². The van der Waals surface area contributed by atoms with E-state index in [1.807, 2.05) is 5.06 Å². The highest BCUT2D eigenvalue weighted by Crippen LogP contribution is 2.33. The second kappa shape index (κ2) is 9.32. The minimum absolute atomic E-state index is 0.0400. The van der Waals surface area contributed by atoms with E-state index in [2.05, 4.69) is 35.8 Å². The summed E-state index contributed by atoms with van der Waals surface area (Å²) in [5.74, 6) is 0. The van der Waals surface area contributed by atoms with E-state index in [1.165, 1.54) is 11.3 Å². The highest BCUT2D eigenvalue weighted by molar-refractivity contribution is 5.60. The molecule has 0 aromatic heterocycles. The molecule has 0 spiro atoms. The van der Waals surface area contributed by atoms with Gasteiger partial charge in [-0.1, -0.05) is 44.4 Å². The Morgan fingerprint density at radius 1 is 1.46 bits per heavy atom. The van der Waals surface area contributed by atoms with Crippen LogP contribution in [0.25, 0.3) is 0 Å². The molecule has 7 nitrogen and oxygen atoms in total. The van der Waals surface area contributed by atoms with Crippen molar-refractivity contribution < 1.29 is 14.8 Å². The number of unbranched alkanes of at least 4 members (excludes halogenated alkanes) is 2. The summed E-state index contributed by atoms with van der Waals surface area (Å²) >= 11 is 0. The summed E-state index contributed by atoms with van der Waals surface area (Å²) in [5, 5.41) is 19.1. The van der Waals surface area contributed by atoms with Gasteiger partial charge in [0, 0.05) is 17.8 Å². The van der Waals surface area contributed by atoms with Crippen molar-refractivity contribution in [3.8, 4) is 0 Å². The molecule has 1 unspecified atom stereocenters. The monoisotopic (exact) mass is 362 g/mol. The molecule has 2 aliphatic rings. The third kappa shape index (κ3) is 4.54. The lowest BCUT2D eigenvalue weighted by Gasteiger charge is -2.28. The normalized spacial score (nSPS) is 21.1. The molecule has 2 aliphatic heterocycles. The van der Waals surface area contributed by atoms with Gasteiger partial charge in [-0.05, 0) is 24.8 Å². The number of anilines is 1. The third-order valence-corrected chi connectivity index (χ3v) is 5.13. The Bertz CT molecular complexity index is 598. The molecule has 7 heteroatoms. The van der Waals surface area contributed by atoms with Gasteiger partial charge in [-0.3, -0.25) is 20.2 Å². The van der Waals surface area contributed by atoms with Crippen molar-refractivity contribution in [2.24, 2.45) is 0 Å². The number of aryl methyl sites for hydroxylation is 1. The Labute approximate surface area is 155 Å². The fourth-order valence-corrected chi connectivity index (χ4v) is 3.73. The predicted octanol–water partition coefficient (Wildman–Crippen LogP) is 2.63. The number of para-hydroxylation sites is 1. The quantitative estimate of drug-likeness (QED) is 0.271. The summed E-state index contributed by atoms with van der Waals surface area (Å²) in [6.45, 7) is 3.96. The van der Waals surface area contributed by atoms with Gasteiger partial charge in [0.25, 0.3) is 0 Å². The molecule has 1 saturated heterocycles. The predicted molar refractivity (Wildman–Crippen MR) is 99.4 cm³/mol. The molecule has 1 amide bonds. The lowest BCUT2D eigenvalue weighted by atomic mass is 9.99. The molecule has 0 bridgehead atoms. The molecule has 144 valence electrons. The molecule has 1 fully saturated rings. The molecular weight excluding hydrogens is 332 g/mol. The first-order valence-corrected chi connectivity index (χ1v) is 9.66. The lowest BCUT2D eigenvalue weighted by Crippen LogP contribution is -2.41. The van der Waals surface area contributed by atoms with Crippen molar-refractivity contribution in [3.05, 3.63) is 29.3 Å². The van der Waals surface area contributed by atoms with Gasteiger partial charge < -0.3 is 5.32 Å². The summed E-state index contributed by atoms with van der Waals surface area (Å²) in [6.07, 6.45) is 6.65. The number of amides is 1. The Hall–Kier alpha value is -1.67. The Balaban J connectivity index is 1.68. The van der Waals surface area contributed by atoms with Gasteiger partial charge in [-0.15, -0.1) is 0 Å². The molecule has 0 radical (unpaired) electrons. The first-order valence-electron chi connectivity index (χ1n) is 9.66. The summed E-state index contributed by atoms with van der Waals surface area (Å²) in [4.78, 5) is 17.0. The van der Waals surface area contributed by atoms with E-state index >= 15 is 0 Å². The minimum Gasteiger partial charge on any atom is -0.384 e. The maximum atomic E-state index is 10.8. The van der Waals surface area contributed by atoms with Crippen LogP contribution in [-0.2, 0) is 16.1 Å². The molecule has 2 atom stereocenters. The van der Waals surface area contributed by atoms with Gasteiger partial charge in [-0.25, -0.2) is 5.06 Å². The van der Waals surface area contributed by atoms with E-state index in [-0.39, 0.29) is 18.8 Å². The molecular formula is C19H30N4O3. The summed E-state index contributed by atoms with van der Waals surface area (Å²) < 4.78 is 0. The summed E-state index contributed by atoms with van der Waals surface area (Å²) in [5.41, 5.74) is 3.63. The molecule has 1 aromatic rings. The maximum absolute atomic E-state index is 10.8. The Morgan fingerprint density at radius 3 is 3.15 bits per heavy atom. The van der Waals surface area contributed by atoms with Crippen molar-refractivity contribution in [2.45, 2.75) is 57.7 Å². The minimum atomic E-state index is -0.215. The number of rotatable bonds is 9. The van der Waals surface area contributed by atoms with Crippen LogP contribution in [0, 0.1) is 0 Å². The fourth-order valence-electron chi connectivity index (χ4n) is 3.73. The van der Waals surface area contributed by atoms with E-state index in [0.717, 1.165) is 50.6 Å². The van der Waals surface area contributed by atoms with Crippen molar-refractivity contribution in [3.63, 3.8) is 0 Å². The van der Waals surface area contributed by atoms with Crippen molar-refractivity contribution in [1.29, 1.82) is 0 Å². The highest BCUT2D eigenvalue weighted by Gasteiger charge is 2.32. The summed E-state index contributed by atoms with van der Waals surface area (Å²) in [6, 6.07) is 6.30. The number of carbonyl (C=O) groups is 1. The third-order valence-electron chi connectivity index (χ3n) is 5.13. The van der Waals surface area contributed by atoms with Gasteiger partial charge in [0.15, 0.2) is 6.23 Å². The van der Waals surface area contributed by atoms with Crippen molar-refractivity contribution in [1.82, 2.24) is 15.4 Å². The number of hydrogen-bond acceptors (Lipinski definition) is 6. The molecule has 1 aromatic carbocycles. The second-order valence-corrected chi connectivity index (χ2v) is 7.05. The van der Waals surface area contributed by atoms with Gasteiger partial charge in [-0.2, -0.15) is 5.06 Å². The smallest absolute Gasteiger partial charge is 0.233 e.